The second kappa shape index (κ2) is 11.2. The van der Waals surface area contributed by atoms with Crippen LogP contribution < -0.4 is 0 Å². The molecule has 0 aliphatic heterocycles. The van der Waals surface area contributed by atoms with Crippen molar-refractivity contribution in [2.45, 2.75) is 76.4 Å². The first-order valence-corrected chi connectivity index (χ1v) is 12.2. The molecular formula is C28H35F3N2. The Morgan fingerprint density at radius 1 is 1.00 bits per heavy atom. The summed E-state index contributed by atoms with van der Waals surface area (Å²) in [6.07, 6.45) is 2.23. The van der Waals surface area contributed by atoms with E-state index in [2.05, 4.69) is 49.1 Å². The van der Waals surface area contributed by atoms with Gasteiger partial charge in [-0.1, -0.05) is 62.2 Å². The maximum Gasteiger partial charge on any atom is 0.416 e. The molecule has 5 heteroatoms. The van der Waals surface area contributed by atoms with Crippen molar-refractivity contribution >= 4 is 0 Å². The molecule has 2 unspecified atom stereocenters. The van der Waals surface area contributed by atoms with Crippen molar-refractivity contribution in [3.63, 3.8) is 0 Å². The minimum Gasteiger partial charge on any atom is -0.301 e. The van der Waals surface area contributed by atoms with Gasteiger partial charge < -0.3 is 4.90 Å². The van der Waals surface area contributed by atoms with Gasteiger partial charge in [0.2, 0.25) is 0 Å². The number of hydrogen-bond donors (Lipinski definition) is 0. The van der Waals surface area contributed by atoms with Crippen LogP contribution in [-0.2, 0) is 18.0 Å². The van der Waals surface area contributed by atoms with E-state index < -0.39 is 17.2 Å². The van der Waals surface area contributed by atoms with Gasteiger partial charge >= 0.3 is 6.18 Å². The number of rotatable bonds is 10. The maximum atomic E-state index is 13.1. The van der Waals surface area contributed by atoms with Crippen molar-refractivity contribution < 1.29 is 13.2 Å². The van der Waals surface area contributed by atoms with Gasteiger partial charge in [-0.3, -0.25) is 0 Å². The lowest BCUT2D eigenvalue weighted by Crippen LogP contribution is -2.38. The summed E-state index contributed by atoms with van der Waals surface area (Å²) in [7, 11) is 0. The highest BCUT2D eigenvalue weighted by Crippen LogP contribution is 2.46. The second-order valence-corrected chi connectivity index (χ2v) is 9.39. The third-order valence-corrected chi connectivity index (χ3v) is 7.50. The molecule has 0 N–H and O–H groups in total. The van der Waals surface area contributed by atoms with E-state index in [1.807, 2.05) is 6.07 Å². The molecule has 0 aromatic heterocycles. The van der Waals surface area contributed by atoms with Crippen LogP contribution in [0.25, 0.3) is 0 Å². The fourth-order valence-corrected chi connectivity index (χ4v) is 5.40. The van der Waals surface area contributed by atoms with Crippen molar-refractivity contribution in [1.82, 2.24) is 4.90 Å². The molecule has 2 aromatic carbocycles. The van der Waals surface area contributed by atoms with Crippen molar-refractivity contribution in [2.75, 3.05) is 13.1 Å². The van der Waals surface area contributed by atoms with Gasteiger partial charge in [0.25, 0.3) is 0 Å². The molecule has 0 bridgehead atoms. The highest BCUT2D eigenvalue weighted by atomic mass is 19.4. The third-order valence-electron chi connectivity index (χ3n) is 7.50. The van der Waals surface area contributed by atoms with Gasteiger partial charge in [0.05, 0.1) is 17.0 Å². The molecule has 2 atom stereocenters. The van der Waals surface area contributed by atoms with Crippen LogP contribution in [0.5, 0.6) is 0 Å². The van der Waals surface area contributed by atoms with Gasteiger partial charge in [0, 0.05) is 12.6 Å². The molecule has 178 valence electrons. The van der Waals surface area contributed by atoms with E-state index in [0.29, 0.717) is 12.5 Å². The molecule has 0 radical (unpaired) electrons. The normalized spacial score (nSPS) is 17.6. The van der Waals surface area contributed by atoms with Crippen molar-refractivity contribution in [2.24, 2.45) is 5.92 Å². The molecule has 2 aromatic rings. The molecular weight excluding hydrogens is 421 g/mol. The SMILES string of the molecule is CCN(CCc1ccccc1)C(C)CCC(C#N)(c1ccc(C(F)(F)F)cc1)C1CCCC1. The smallest absolute Gasteiger partial charge is 0.301 e. The standard InChI is InChI=1S/C28H35F3N2/c1-3-33(20-18-23-9-5-4-6-10-23)22(2)17-19-27(21-32,24-11-7-8-12-24)25-13-15-26(16-14-25)28(29,30)31/h4-6,9-10,13-16,22,24H,3,7-8,11-12,17-20H2,1-2H3. The summed E-state index contributed by atoms with van der Waals surface area (Å²) >= 11 is 0. The van der Waals surface area contributed by atoms with Crippen LogP contribution in [-0.4, -0.2) is 24.0 Å². The van der Waals surface area contributed by atoms with Gasteiger partial charge in [-0.05, 0) is 74.8 Å². The summed E-state index contributed by atoms with van der Waals surface area (Å²) in [4.78, 5) is 2.44. The lowest BCUT2D eigenvalue weighted by atomic mass is 9.67. The molecule has 1 saturated carbocycles. The average molecular weight is 457 g/mol. The highest BCUT2D eigenvalue weighted by Gasteiger charge is 2.42. The highest BCUT2D eigenvalue weighted by molar-refractivity contribution is 5.37. The quantitative estimate of drug-likeness (QED) is 0.373. The van der Waals surface area contributed by atoms with Gasteiger partial charge in [0.1, 0.15) is 0 Å². The number of alkyl halides is 3. The van der Waals surface area contributed by atoms with E-state index in [4.69, 9.17) is 0 Å². The molecule has 1 fully saturated rings. The monoisotopic (exact) mass is 456 g/mol. The Morgan fingerprint density at radius 2 is 1.61 bits per heavy atom. The first-order chi connectivity index (χ1) is 15.8. The van der Waals surface area contributed by atoms with E-state index in [1.54, 1.807) is 12.1 Å². The molecule has 0 saturated heterocycles. The van der Waals surface area contributed by atoms with E-state index in [9.17, 15) is 18.4 Å². The zero-order valence-corrected chi connectivity index (χ0v) is 19.7. The first kappa shape index (κ1) is 25.3. The summed E-state index contributed by atoms with van der Waals surface area (Å²) in [5.41, 5.74) is 0.666. The minimum atomic E-state index is -4.36. The summed E-state index contributed by atoms with van der Waals surface area (Å²) in [5, 5.41) is 10.4. The molecule has 0 amide bonds. The molecule has 2 nitrogen and oxygen atoms in total. The molecule has 33 heavy (non-hydrogen) atoms. The molecule has 1 aliphatic carbocycles. The topological polar surface area (TPSA) is 27.0 Å². The zero-order chi connectivity index (χ0) is 23.9. The number of halogens is 3. The number of likely N-dealkylation sites (N-methyl/N-ethyl adjacent to an activating group) is 1. The average Bonchev–Trinajstić information content (AvgIpc) is 3.36. The Morgan fingerprint density at radius 3 is 2.15 bits per heavy atom. The van der Waals surface area contributed by atoms with Gasteiger partial charge in [-0.25, -0.2) is 0 Å². The molecule has 0 heterocycles. The fraction of sp³-hybridized carbons (Fsp3) is 0.536. The zero-order valence-electron chi connectivity index (χ0n) is 19.7. The Bertz CT molecular complexity index is 895. The number of benzene rings is 2. The Balaban J connectivity index is 1.75. The second-order valence-electron chi connectivity index (χ2n) is 9.39. The van der Waals surface area contributed by atoms with E-state index in [1.165, 1.54) is 5.56 Å². The van der Waals surface area contributed by atoms with Crippen molar-refractivity contribution in [3.05, 3.63) is 71.3 Å². The van der Waals surface area contributed by atoms with Crippen LogP contribution in [0.1, 0.15) is 69.1 Å². The van der Waals surface area contributed by atoms with E-state index in [0.717, 1.165) is 69.3 Å². The van der Waals surface area contributed by atoms with Crippen molar-refractivity contribution in [3.8, 4) is 6.07 Å². The largest absolute Gasteiger partial charge is 0.416 e. The predicted octanol–water partition coefficient (Wildman–Crippen LogP) is 7.39. The first-order valence-electron chi connectivity index (χ1n) is 12.2. The Hall–Kier alpha value is -2.32. The van der Waals surface area contributed by atoms with E-state index >= 15 is 0 Å². The number of hydrogen-bond acceptors (Lipinski definition) is 2. The lowest BCUT2D eigenvalue weighted by molar-refractivity contribution is -0.137. The molecule has 0 spiro atoms. The Kier molecular flexibility index (Phi) is 8.59. The third kappa shape index (κ3) is 6.18. The van der Waals surface area contributed by atoms with Gasteiger partial charge in [-0.2, -0.15) is 18.4 Å². The number of nitriles is 1. The van der Waals surface area contributed by atoms with Crippen LogP contribution >= 0.6 is 0 Å². The summed E-state index contributed by atoms with van der Waals surface area (Å²) in [6, 6.07) is 18.7. The van der Waals surface area contributed by atoms with Crippen LogP contribution in [0.3, 0.4) is 0 Å². The fourth-order valence-electron chi connectivity index (χ4n) is 5.40. The van der Waals surface area contributed by atoms with Crippen LogP contribution in [0.4, 0.5) is 13.2 Å². The van der Waals surface area contributed by atoms with Crippen LogP contribution in [0, 0.1) is 17.2 Å². The summed E-state index contributed by atoms with van der Waals surface area (Å²) in [5.74, 6) is 0.200. The number of nitrogens with zero attached hydrogens (tertiary/aromatic N) is 2. The maximum absolute atomic E-state index is 13.1. The predicted molar refractivity (Wildman–Crippen MR) is 127 cm³/mol. The summed E-state index contributed by atoms with van der Waals surface area (Å²) < 4.78 is 39.3. The lowest BCUT2D eigenvalue weighted by Gasteiger charge is -2.36. The van der Waals surface area contributed by atoms with Crippen LogP contribution in [0.2, 0.25) is 0 Å². The van der Waals surface area contributed by atoms with Gasteiger partial charge in [0.15, 0.2) is 0 Å². The molecule has 1 aliphatic rings. The Labute approximate surface area is 196 Å². The van der Waals surface area contributed by atoms with Gasteiger partial charge in [-0.15, -0.1) is 0 Å². The minimum absolute atomic E-state index is 0.200. The van der Waals surface area contributed by atoms with Crippen molar-refractivity contribution in [1.29, 1.82) is 5.26 Å². The van der Waals surface area contributed by atoms with E-state index in [-0.39, 0.29) is 5.92 Å². The van der Waals surface area contributed by atoms with Crippen LogP contribution in [0.15, 0.2) is 54.6 Å². The summed E-state index contributed by atoms with van der Waals surface area (Å²) in [6.45, 7) is 6.24. The molecule has 3 rings (SSSR count).